The van der Waals surface area contributed by atoms with Gasteiger partial charge in [0.15, 0.2) is 0 Å². The number of rotatable bonds is 3. The average molecular weight is 426 g/mol. The number of halogens is 1. The summed E-state index contributed by atoms with van der Waals surface area (Å²) in [5.74, 6) is 0.209. The Morgan fingerprint density at radius 3 is 2.69 bits per heavy atom. The van der Waals surface area contributed by atoms with E-state index < -0.39 is 0 Å². The molecule has 6 nitrogen and oxygen atoms in total. The number of hydrogen-bond acceptors (Lipinski definition) is 4. The van der Waals surface area contributed by atoms with E-state index in [1.165, 1.54) is 12.1 Å². The number of aromatic nitrogens is 5. The molecule has 0 aliphatic carbocycles. The smallest absolute Gasteiger partial charge is 0.135 e. The lowest BCUT2D eigenvalue weighted by atomic mass is 9.94. The normalized spacial score (nSPS) is 15.1. The lowest BCUT2D eigenvalue weighted by Gasteiger charge is -2.22. The predicted molar refractivity (Wildman–Crippen MR) is 124 cm³/mol. The molecular weight excluding hydrogens is 403 g/mol. The summed E-state index contributed by atoms with van der Waals surface area (Å²) in [5.41, 5.74) is 7.85. The maximum atomic E-state index is 14.0. The van der Waals surface area contributed by atoms with Crippen molar-refractivity contribution in [2.75, 3.05) is 13.1 Å². The molecule has 0 radical (unpaired) electrons. The molecule has 5 heterocycles. The Morgan fingerprint density at radius 1 is 0.969 bits per heavy atom. The van der Waals surface area contributed by atoms with Crippen molar-refractivity contribution in [2.45, 2.75) is 25.7 Å². The lowest BCUT2D eigenvalue weighted by Crippen LogP contribution is -2.27. The third-order valence-corrected chi connectivity index (χ3v) is 6.31. The summed E-state index contributed by atoms with van der Waals surface area (Å²) < 4.78 is 14.0. The van der Waals surface area contributed by atoms with Gasteiger partial charge >= 0.3 is 0 Å². The number of hydrogen-bond donors (Lipinski definition) is 3. The van der Waals surface area contributed by atoms with Crippen LogP contribution in [0.3, 0.4) is 0 Å². The first kappa shape index (κ1) is 19.1. The fourth-order valence-corrected chi connectivity index (χ4v) is 4.73. The first-order chi connectivity index (χ1) is 15.7. The second-order valence-electron chi connectivity index (χ2n) is 8.55. The Morgan fingerprint density at radius 2 is 1.84 bits per heavy atom. The molecule has 0 unspecified atom stereocenters. The van der Waals surface area contributed by atoms with E-state index in [-0.39, 0.29) is 5.82 Å². The van der Waals surface area contributed by atoms with E-state index in [0.29, 0.717) is 5.92 Å². The van der Waals surface area contributed by atoms with Gasteiger partial charge in [-0.2, -0.15) is 5.10 Å². The van der Waals surface area contributed by atoms with Gasteiger partial charge < -0.3 is 10.3 Å². The monoisotopic (exact) mass is 426 g/mol. The summed E-state index contributed by atoms with van der Waals surface area (Å²) in [6.45, 7) is 3.94. The van der Waals surface area contributed by atoms with Crippen LogP contribution < -0.4 is 5.32 Å². The van der Waals surface area contributed by atoms with Gasteiger partial charge in [-0.1, -0.05) is 0 Å². The van der Waals surface area contributed by atoms with Crippen molar-refractivity contribution in [1.82, 2.24) is 30.5 Å². The SMILES string of the molecule is Cc1cc(F)cc(-c2nccc3[nH]c(-c4n[nH]c5ccc(C6CCNCC6)nc45)cc23)c1. The van der Waals surface area contributed by atoms with Gasteiger partial charge in [0.05, 0.1) is 16.9 Å². The fraction of sp³-hybridized carbons (Fsp3) is 0.240. The third-order valence-electron chi connectivity index (χ3n) is 6.31. The maximum absolute atomic E-state index is 14.0. The molecule has 0 spiro atoms. The van der Waals surface area contributed by atoms with Crippen LogP contribution in [-0.2, 0) is 0 Å². The molecule has 6 rings (SSSR count). The molecule has 160 valence electrons. The molecule has 1 aromatic carbocycles. The molecule has 7 heteroatoms. The number of fused-ring (bicyclic) bond motifs is 2. The first-order valence-corrected chi connectivity index (χ1v) is 11.0. The molecular formula is C25H23FN6. The Hall–Kier alpha value is -3.58. The van der Waals surface area contributed by atoms with E-state index >= 15 is 0 Å². The van der Waals surface area contributed by atoms with Crippen LogP contribution in [0.25, 0.3) is 44.6 Å². The predicted octanol–water partition coefficient (Wildman–Crippen LogP) is 5.08. The molecule has 3 N–H and O–H groups in total. The molecule has 0 atom stereocenters. The van der Waals surface area contributed by atoms with Gasteiger partial charge in [-0.3, -0.25) is 10.1 Å². The summed E-state index contributed by atoms with van der Waals surface area (Å²) in [6, 6.07) is 13.1. The Bertz CT molecular complexity index is 1420. The number of aromatic amines is 2. The van der Waals surface area contributed by atoms with E-state index in [2.05, 4.69) is 37.6 Å². The highest BCUT2D eigenvalue weighted by Gasteiger charge is 2.20. The zero-order valence-corrected chi connectivity index (χ0v) is 17.7. The van der Waals surface area contributed by atoms with Crippen molar-refractivity contribution in [2.24, 2.45) is 0 Å². The van der Waals surface area contributed by atoms with Gasteiger partial charge in [-0.15, -0.1) is 0 Å². The highest BCUT2D eigenvalue weighted by molar-refractivity contribution is 5.98. The summed E-state index contributed by atoms with van der Waals surface area (Å²) in [7, 11) is 0. The van der Waals surface area contributed by atoms with Crippen LogP contribution in [0.1, 0.15) is 30.0 Å². The van der Waals surface area contributed by atoms with Crippen LogP contribution >= 0.6 is 0 Å². The van der Waals surface area contributed by atoms with E-state index in [1.807, 2.05) is 25.1 Å². The van der Waals surface area contributed by atoms with Gasteiger partial charge in [0.1, 0.15) is 17.0 Å². The van der Waals surface area contributed by atoms with Gasteiger partial charge in [0, 0.05) is 34.3 Å². The minimum Gasteiger partial charge on any atom is -0.353 e. The van der Waals surface area contributed by atoms with Crippen LogP contribution in [0.5, 0.6) is 0 Å². The zero-order chi connectivity index (χ0) is 21.7. The lowest BCUT2D eigenvalue weighted by molar-refractivity contribution is 0.454. The van der Waals surface area contributed by atoms with Gasteiger partial charge in [0.25, 0.3) is 0 Å². The molecule has 0 saturated carbocycles. The average Bonchev–Trinajstić information content (AvgIpc) is 3.42. The van der Waals surface area contributed by atoms with E-state index in [1.54, 1.807) is 6.20 Å². The van der Waals surface area contributed by atoms with Crippen molar-refractivity contribution in [3.63, 3.8) is 0 Å². The maximum Gasteiger partial charge on any atom is 0.135 e. The van der Waals surface area contributed by atoms with Gasteiger partial charge in [-0.05, 0) is 80.9 Å². The highest BCUT2D eigenvalue weighted by Crippen LogP contribution is 2.34. The van der Waals surface area contributed by atoms with Gasteiger partial charge in [0.2, 0.25) is 0 Å². The molecule has 1 fully saturated rings. The Balaban J connectivity index is 1.47. The van der Waals surface area contributed by atoms with E-state index in [4.69, 9.17) is 4.98 Å². The minimum atomic E-state index is -0.262. The molecule has 5 aromatic rings. The summed E-state index contributed by atoms with van der Waals surface area (Å²) >= 11 is 0. The second kappa shape index (κ2) is 7.53. The van der Waals surface area contributed by atoms with E-state index in [9.17, 15) is 4.39 Å². The number of aryl methyl sites for hydroxylation is 1. The highest BCUT2D eigenvalue weighted by atomic mass is 19.1. The molecule has 0 amide bonds. The summed E-state index contributed by atoms with van der Waals surface area (Å²) in [6.07, 6.45) is 3.94. The van der Waals surface area contributed by atoms with Crippen molar-refractivity contribution in [1.29, 1.82) is 0 Å². The third kappa shape index (κ3) is 3.26. The zero-order valence-electron chi connectivity index (χ0n) is 17.7. The van der Waals surface area contributed by atoms with Crippen molar-refractivity contribution in [3.8, 4) is 22.6 Å². The van der Waals surface area contributed by atoms with Crippen LogP contribution in [0, 0.1) is 12.7 Å². The fourth-order valence-electron chi connectivity index (χ4n) is 4.73. The molecule has 1 aliphatic rings. The number of H-pyrrole nitrogens is 2. The Labute approximate surface area is 184 Å². The number of piperidine rings is 1. The number of benzene rings is 1. The van der Waals surface area contributed by atoms with Crippen LogP contribution in [-0.4, -0.2) is 38.2 Å². The number of pyridine rings is 2. The summed E-state index contributed by atoms with van der Waals surface area (Å²) in [4.78, 5) is 13.0. The quantitative estimate of drug-likeness (QED) is 0.376. The number of nitrogens with one attached hydrogen (secondary N) is 3. The van der Waals surface area contributed by atoms with Crippen molar-refractivity contribution < 1.29 is 4.39 Å². The summed E-state index contributed by atoms with van der Waals surface area (Å²) in [5, 5.41) is 12.0. The standard InChI is InChI=1S/C25H23FN6/c1-14-10-16(12-17(26)11-14)23-18-13-22(29-20(18)6-9-28-23)25-24-21(31-32-25)3-2-19(30-24)15-4-7-27-8-5-15/h2-3,6,9-13,15,27,29H,4-5,7-8H2,1H3,(H,31,32). The molecule has 1 aliphatic heterocycles. The molecule has 4 aromatic heterocycles. The molecule has 32 heavy (non-hydrogen) atoms. The molecule has 1 saturated heterocycles. The number of nitrogens with zero attached hydrogens (tertiary/aromatic N) is 3. The van der Waals surface area contributed by atoms with Crippen LogP contribution in [0.4, 0.5) is 4.39 Å². The topological polar surface area (TPSA) is 82.3 Å². The van der Waals surface area contributed by atoms with Crippen LogP contribution in [0.2, 0.25) is 0 Å². The van der Waals surface area contributed by atoms with Gasteiger partial charge in [-0.25, -0.2) is 9.37 Å². The Kier molecular flexibility index (Phi) is 4.50. The molecule has 0 bridgehead atoms. The first-order valence-electron chi connectivity index (χ1n) is 11.0. The largest absolute Gasteiger partial charge is 0.353 e. The van der Waals surface area contributed by atoms with Crippen LogP contribution in [0.15, 0.2) is 48.7 Å². The second-order valence-corrected chi connectivity index (χ2v) is 8.55. The van der Waals surface area contributed by atoms with Crippen molar-refractivity contribution in [3.05, 3.63) is 65.7 Å². The minimum absolute atomic E-state index is 0.262. The van der Waals surface area contributed by atoms with Crippen molar-refractivity contribution >= 4 is 21.9 Å². The van der Waals surface area contributed by atoms with E-state index in [0.717, 1.165) is 81.8 Å².